The Morgan fingerprint density at radius 3 is 2.00 bits per heavy atom. The quantitative estimate of drug-likeness (QED) is 0.687. The molecular formula is C5H9OW-. The Labute approximate surface area is 58.7 Å². The molecule has 0 aliphatic rings. The van der Waals surface area contributed by atoms with Gasteiger partial charge in [0.25, 0.3) is 0 Å². The van der Waals surface area contributed by atoms with Crippen LogP contribution in [0.4, 0.5) is 0 Å². The van der Waals surface area contributed by atoms with Crippen LogP contribution in [0.15, 0.2) is 0 Å². The van der Waals surface area contributed by atoms with Crippen LogP contribution in [0.25, 0.3) is 0 Å². The van der Waals surface area contributed by atoms with Crippen molar-refractivity contribution in [1.82, 2.24) is 0 Å². The number of rotatable bonds is 2. The zero-order chi connectivity index (χ0) is 4.99. The topological polar surface area (TPSA) is 17.1 Å². The molecule has 0 fully saturated rings. The Kier molecular flexibility index (Phi) is 9.41. The summed E-state index contributed by atoms with van der Waals surface area (Å²) in [6, 6.07) is 0. The monoisotopic (exact) mass is 269 g/mol. The van der Waals surface area contributed by atoms with Crippen LogP contribution in [-0.2, 0) is 25.9 Å². The van der Waals surface area contributed by atoms with Crippen LogP contribution in [0.3, 0.4) is 0 Å². The van der Waals surface area contributed by atoms with Gasteiger partial charge in [-0.1, -0.05) is 19.8 Å². The molecule has 0 saturated carbocycles. The third-order valence-corrected chi connectivity index (χ3v) is 0.492. The van der Waals surface area contributed by atoms with Crippen LogP contribution in [0.2, 0.25) is 0 Å². The fourth-order valence-electron chi connectivity index (χ4n) is 0.167. The summed E-state index contributed by atoms with van der Waals surface area (Å²) in [7, 11) is 0. The molecule has 0 aliphatic carbocycles. The van der Waals surface area contributed by atoms with E-state index in [-0.39, 0.29) is 21.1 Å². The van der Waals surface area contributed by atoms with Gasteiger partial charge in [0.1, 0.15) is 0 Å². The standard InChI is InChI=1S/C5H9O.W/c1-5(2)3-4-6;/h5H,3H2,1-2H3;/q-1;. The van der Waals surface area contributed by atoms with Gasteiger partial charge in [0.15, 0.2) is 0 Å². The minimum Gasteiger partial charge on any atom is -0.542 e. The van der Waals surface area contributed by atoms with E-state index >= 15 is 0 Å². The molecule has 0 amide bonds. The van der Waals surface area contributed by atoms with Crippen molar-refractivity contribution in [1.29, 1.82) is 0 Å². The summed E-state index contributed by atoms with van der Waals surface area (Å²) >= 11 is 0. The fraction of sp³-hybridized carbons (Fsp3) is 0.800. The van der Waals surface area contributed by atoms with Crippen LogP contribution < -0.4 is 0 Å². The van der Waals surface area contributed by atoms with Gasteiger partial charge in [-0.05, 0) is 0 Å². The van der Waals surface area contributed by atoms with Crippen molar-refractivity contribution in [3.63, 3.8) is 0 Å². The van der Waals surface area contributed by atoms with Crippen molar-refractivity contribution in [3.8, 4) is 0 Å². The molecule has 0 saturated heterocycles. The fourth-order valence-corrected chi connectivity index (χ4v) is 0.167. The van der Waals surface area contributed by atoms with E-state index in [1.54, 1.807) is 0 Å². The van der Waals surface area contributed by atoms with Gasteiger partial charge < -0.3 is 4.79 Å². The summed E-state index contributed by atoms with van der Waals surface area (Å²) in [6.07, 6.45) is 2.39. The largest absolute Gasteiger partial charge is 0.542 e. The molecule has 2 heteroatoms. The molecule has 0 aliphatic heterocycles. The molecule has 0 aromatic rings. The maximum atomic E-state index is 9.49. The molecule has 0 aromatic carbocycles. The minimum absolute atomic E-state index is 0. The molecule has 0 unspecified atom stereocenters. The van der Waals surface area contributed by atoms with E-state index in [0.29, 0.717) is 12.3 Å². The summed E-state index contributed by atoms with van der Waals surface area (Å²) in [5.41, 5.74) is 0. The van der Waals surface area contributed by atoms with Gasteiger partial charge in [-0.2, -0.15) is 6.42 Å². The predicted octanol–water partition coefficient (Wildman–Crippen LogP) is 1.14. The van der Waals surface area contributed by atoms with Gasteiger partial charge in [0, 0.05) is 21.1 Å². The summed E-state index contributed by atoms with van der Waals surface area (Å²) in [4.78, 5) is 9.49. The van der Waals surface area contributed by atoms with E-state index < -0.39 is 0 Å². The SMILES string of the molecule is CC(C)C[C-]=O.[W]. The first-order valence-electron chi connectivity index (χ1n) is 2.12. The summed E-state index contributed by atoms with van der Waals surface area (Å²) in [6.45, 7) is 3.98. The van der Waals surface area contributed by atoms with Crippen LogP contribution in [0.5, 0.6) is 0 Å². The second-order valence-electron chi connectivity index (χ2n) is 1.74. The zero-order valence-corrected chi connectivity index (χ0v) is 7.53. The average molecular weight is 269 g/mol. The first-order valence-corrected chi connectivity index (χ1v) is 2.12. The third kappa shape index (κ3) is 10.7. The Hall–Kier alpha value is 0.358. The first kappa shape index (κ1) is 10.4. The Balaban J connectivity index is 0. The van der Waals surface area contributed by atoms with Gasteiger partial charge in [-0.15, -0.1) is 0 Å². The minimum atomic E-state index is 0. The molecule has 0 aromatic heterocycles. The van der Waals surface area contributed by atoms with Crippen molar-refractivity contribution >= 4 is 6.29 Å². The van der Waals surface area contributed by atoms with E-state index in [1.165, 1.54) is 0 Å². The van der Waals surface area contributed by atoms with E-state index in [0.717, 1.165) is 0 Å². The number of hydrogen-bond acceptors (Lipinski definition) is 1. The van der Waals surface area contributed by atoms with Gasteiger partial charge in [0.05, 0.1) is 0 Å². The Bertz CT molecular complexity index is 43.3. The van der Waals surface area contributed by atoms with E-state index in [4.69, 9.17) is 0 Å². The maximum Gasteiger partial charge on any atom is 0 e. The molecule has 0 rings (SSSR count). The smallest absolute Gasteiger partial charge is 0 e. The number of carbonyl (C=O) groups excluding carboxylic acids is 1. The van der Waals surface area contributed by atoms with Crippen LogP contribution in [-0.4, -0.2) is 6.29 Å². The summed E-state index contributed by atoms with van der Waals surface area (Å²) in [5, 5.41) is 0. The van der Waals surface area contributed by atoms with Gasteiger partial charge in [-0.3, -0.25) is 6.29 Å². The molecule has 1 nitrogen and oxygen atoms in total. The van der Waals surface area contributed by atoms with Crippen molar-refractivity contribution in [2.45, 2.75) is 20.3 Å². The molecule has 0 spiro atoms. The van der Waals surface area contributed by atoms with Crippen LogP contribution in [0.1, 0.15) is 20.3 Å². The van der Waals surface area contributed by atoms with E-state index in [1.807, 2.05) is 20.1 Å². The molecule has 0 radical (unpaired) electrons. The second-order valence-corrected chi connectivity index (χ2v) is 1.74. The Morgan fingerprint density at radius 1 is 1.57 bits per heavy atom. The van der Waals surface area contributed by atoms with Crippen molar-refractivity contribution in [2.24, 2.45) is 5.92 Å². The average Bonchev–Trinajstić information content (AvgIpc) is 1.35. The van der Waals surface area contributed by atoms with Crippen LogP contribution in [0, 0.1) is 5.92 Å². The molecule has 42 valence electrons. The Morgan fingerprint density at radius 2 is 2.00 bits per heavy atom. The normalized spacial score (nSPS) is 7.86. The second kappa shape index (κ2) is 6.36. The van der Waals surface area contributed by atoms with Gasteiger partial charge in [-0.25, -0.2) is 0 Å². The first-order chi connectivity index (χ1) is 2.77. The predicted molar refractivity (Wildman–Crippen MR) is 25.1 cm³/mol. The molecule has 0 heterocycles. The molecule has 0 N–H and O–H groups in total. The molecule has 0 bridgehead atoms. The van der Waals surface area contributed by atoms with Crippen molar-refractivity contribution in [3.05, 3.63) is 0 Å². The van der Waals surface area contributed by atoms with Gasteiger partial charge >= 0.3 is 0 Å². The third-order valence-electron chi connectivity index (χ3n) is 0.492. The number of hydrogen-bond donors (Lipinski definition) is 0. The summed E-state index contributed by atoms with van der Waals surface area (Å²) < 4.78 is 0. The van der Waals surface area contributed by atoms with Gasteiger partial charge in [0.2, 0.25) is 0 Å². The maximum absolute atomic E-state index is 9.49. The van der Waals surface area contributed by atoms with E-state index in [2.05, 4.69) is 0 Å². The van der Waals surface area contributed by atoms with E-state index in [9.17, 15) is 4.79 Å². The zero-order valence-electron chi connectivity index (χ0n) is 4.60. The van der Waals surface area contributed by atoms with Crippen molar-refractivity contribution in [2.75, 3.05) is 0 Å². The molecule has 7 heavy (non-hydrogen) atoms. The molecule has 0 atom stereocenters. The summed E-state index contributed by atoms with van der Waals surface area (Å²) in [5.74, 6) is 0.475. The van der Waals surface area contributed by atoms with Crippen LogP contribution >= 0.6 is 0 Å². The molecular weight excluding hydrogens is 260 g/mol. The van der Waals surface area contributed by atoms with Crippen molar-refractivity contribution < 1.29 is 25.9 Å².